The predicted molar refractivity (Wildman–Crippen MR) is 127 cm³/mol. The molecular formula is C26H30Cu2N4. The van der Waals surface area contributed by atoms with Crippen LogP contribution in [0.15, 0.2) is 73.3 Å². The largest absolute Gasteiger partial charge is 2.00 e. The van der Waals surface area contributed by atoms with Gasteiger partial charge in [0.1, 0.15) is 0 Å². The van der Waals surface area contributed by atoms with E-state index in [1.807, 2.05) is 73.3 Å². The zero-order valence-electron chi connectivity index (χ0n) is 19.3. The third-order valence-corrected chi connectivity index (χ3v) is 4.19. The summed E-state index contributed by atoms with van der Waals surface area (Å²) in [7, 11) is 0. The van der Waals surface area contributed by atoms with Crippen LogP contribution >= 0.6 is 0 Å². The number of aryl methyl sites for hydroxylation is 4. The van der Waals surface area contributed by atoms with E-state index in [9.17, 15) is 0 Å². The second kappa shape index (κ2) is 15.4. The maximum Gasteiger partial charge on any atom is 2.00 e. The molecule has 0 N–H and O–H groups in total. The van der Waals surface area contributed by atoms with Gasteiger partial charge in [-0.3, -0.25) is 19.9 Å². The molecule has 0 amide bonds. The van der Waals surface area contributed by atoms with Gasteiger partial charge in [-0.2, -0.15) is 0 Å². The van der Waals surface area contributed by atoms with Crippen LogP contribution in [0.5, 0.6) is 0 Å². The van der Waals surface area contributed by atoms with Gasteiger partial charge >= 0.3 is 17.1 Å². The fourth-order valence-corrected chi connectivity index (χ4v) is 2.70. The van der Waals surface area contributed by atoms with Gasteiger partial charge in [0.25, 0.3) is 0 Å². The van der Waals surface area contributed by atoms with E-state index >= 15 is 0 Å². The zero-order chi connectivity index (χ0) is 19.9. The fourth-order valence-electron chi connectivity index (χ4n) is 2.70. The first-order chi connectivity index (χ1) is 13.5. The van der Waals surface area contributed by atoms with E-state index in [0.717, 1.165) is 22.8 Å². The maximum atomic E-state index is 4.29. The van der Waals surface area contributed by atoms with E-state index in [1.165, 1.54) is 22.3 Å². The normalized spacial score (nSPS) is 8.88. The van der Waals surface area contributed by atoms with Crippen molar-refractivity contribution in [1.82, 2.24) is 19.9 Å². The number of hydrogen-bond acceptors (Lipinski definition) is 4. The Labute approximate surface area is 214 Å². The molecule has 4 nitrogen and oxygen atoms in total. The summed E-state index contributed by atoms with van der Waals surface area (Å²) in [5.74, 6) is 0. The molecule has 0 unspecified atom stereocenters. The van der Waals surface area contributed by atoms with E-state index in [0.29, 0.717) is 0 Å². The minimum atomic E-state index is 0. The van der Waals surface area contributed by atoms with E-state index < -0.39 is 0 Å². The van der Waals surface area contributed by atoms with Gasteiger partial charge in [-0.15, -0.1) is 0 Å². The summed E-state index contributed by atoms with van der Waals surface area (Å²) in [6, 6.07) is 16.1. The number of nitrogens with zero attached hydrogens (tertiary/aromatic N) is 4. The Morgan fingerprint density at radius 1 is 0.438 bits per heavy atom. The molecule has 6 heteroatoms. The van der Waals surface area contributed by atoms with Crippen molar-refractivity contribution in [2.45, 2.75) is 27.7 Å². The molecule has 0 atom stereocenters. The summed E-state index contributed by atoms with van der Waals surface area (Å²) in [5, 5.41) is 0. The van der Waals surface area contributed by atoms with Crippen LogP contribution in [0.4, 0.5) is 0 Å². The third-order valence-electron chi connectivity index (χ3n) is 4.19. The second-order valence-electron chi connectivity index (χ2n) is 6.87. The Hall–Kier alpha value is -2.36. The quantitative estimate of drug-likeness (QED) is 0.224. The van der Waals surface area contributed by atoms with Crippen molar-refractivity contribution in [2.24, 2.45) is 0 Å². The van der Waals surface area contributed by atoms with Crippen molar-refractivity contribution in [3.05, 3.63) is 110 Å². The molecule has 0 aromatic carbocycles. The van der Waals surface area contributed by atoms with Crippen LogP contribution in [0.25, 0.3) is 22.8 Å². The van der Waals surface area contributed by atoms with Crippen LogP contribution < -0.4 is 0 Å². The van der Waals surface area contributed by atoms with Crippen molar-refractivity contribution in [2.75, 3.05) is 0 Å². The summed E-state index contributed by atoms with van der Waals surface area (Å²) in [6.07, 6.45) is 7.26. The molecule has 0 saturated carbocycles. The van der Waals surface area contributed by atoms with Crippen molar-refractivity contribution >= 4 is 0 Å². The number of hydrogen-bond donors (Lipinski definition) is 0. The molecule has 0 bridgehead atoms. The summed E-state index contributed by atoms with van der Waals surface area (Å²) >= 11 is 0. The molecule has 0 aliphatic carbocycles. The minimum Gasteiger partial charge on any atom is -0.358 e. The number of pyridine rings is 4. The van der Waals surface area contributed by atoms with Crippen molar-refractivity contribution in [3.8, 4) is 22.8 Å². The maximum absolute atomic E-state index is 4.29. The molecule has 2 radical (unpaired) electrons. The first-order valence-electron chi connectivity index (χ1n) is 9.22. The molecule has 4 aromatic rings. The zero-order valence-corrected chi connectivity index (χ0v) is 21.2. The van der Waals surface area contributed by atoms with E-state index in [1.54, 1.807) is 0 Å². The SMILES string of the molecule is Cc1ccnc(-c2cc(C)ccn2)c1.Cc1ccnc(-c2cc(C)ccn2)c1.[CH3-].[CH3-].[Cu+2].[Cu]. The Morgan fingerprint density at radius 3 is 0.781 bits per heavy atom. The Kier molecular flexibility index (Phi) is 15.4. The Morgan fingerprint density at radius 2 is 0.625 bits per heavy atom. The van der Waals surface area contributed by atoms with Crippen molar-refractivity contribution in [3.63, 3.8) is 0 Å². The molecule has 32 heavy (non-hydrogen) atoms. The van der Waals surface area contributed by atoms with E-state index in [4.69, 9.17) is 0 Å². The Bertz CT molecular complexity index is 910. The van der Waals surface area contributed by atoms with Gasteiger partial charge in [-0.1, -0.05) is 0 Å². The molecule has 0 aliphatic rings. The summed E-state index contributed by atoms with van der Waals surface area (Å²) in [4.78, 5) is 17.2. The molecule has 0 saturated heterocycles. The van der Waals surface area contributed by atoms with Crippen LogP contribution in [0, 0.1) is 42.5 Å². The predicted octanol–water partition coefficient (Wildman–Crippen LogP) is 6.42. The molecule has 176 valence electrons. The van der Waals surface area contributed by atoms with Crippen LogP contribution in [0.1, 0.15) is 22.3 Å². The van der Waals surface area contributed by atoms with E-state index in [2.05, 4.69) is 47.6 Å². The average molecular weight is 526 g/mol. The minimum absolute atomic E-state index is 0. The summed E-state index contributed by atoms with van der Waals surface area (Å²) in [5.41, 5.74) is 8.58. The summed E-state index contributed by atoms with van der Waals surface area (Å²) in [6.45, 7) is 8.23. The first-order valence-corrected chi connectivity index (χ1v) is 9.22. The fraction of sp³-hybridized carbons (Fsp3) is 0.154. The molecule has 4 rings (SSSR count). The van der Waals surface area contributed by atoms with Crippen molar-refractivity contribution < 1.29 is 34.1 Å². The second-order valence-corrected chi connectivity index (χ2v) is 6.87. The average Bonchev–Trinajstić information content (AvgIpc) is 2.69. The van der Waals surface area contributed by atoms with Gasteiger partial charge in [-0.25, -0.2) is 0 Å². The van der Waals surface area contributed by atoms with Crippen LogP contribution in [0.3, 0.4) is 0 Å². The van der Waals surface area contributed by atoms with Crippen LogP contribution in [-0.4, -0.2) is 19.9 Å². The molecular weight excluding hydrogens is 495 g/mol. The topological polar surface area (TPSA) is 51.6 Å². The first kappa shape index (κ1) is 31.8. The van der Waals surface area contributed by atoms with Crippen LogP contribution in [-0.2, 0) is 34.1 Å². The van der Waals surface area contributed by atoms with Crippen LogP contribution in [0.2, 0.25) is 0 Å². The van der Waals surface area contributed by atoms with Gasteiger partial charge in [0.15, 0.2) is 0 Å². The molecule has 0 fully saturated rings. The summed E-state index contributed by atoms with van der Waals surface area (Å²) < 4.78 is 0. The standard InChI is InChI=1S/2C12H12N2.2CH3.2Cu/c2*1-9-3-5-13-11(7-9)12-8-10(2)4-6-14-12;;;;/h2*3-8H,1-2H3;2*1H3;;/q;;2*-1;;+2. The number of aromatic nitrogens is 4. The van der Waals surface area contributed by atoms with Gasteiger partial charge in [0.05, 0.1) is 22.8 Å². The third kappa shape index (κ3) is 9.42. The van der Waals surface area contributed by atoms with Gasteiger partial charge in [-0.05, 0) is 98.5 Å². The van der Waals surface area contributed by atoms with Gasteiger partial charge in [0, 0.05) is 41.9 Å². The molecule has 0 aliphatic heterocycles. The Balaban J connectivity index is 0. The molecule has 4 heterocycles. The van der Waals surface area contributed by atoms with Gasteiger partial charge in [0.2, 0.25) is 0 Å². The van der Waals surface area contributed by atoms with Gasteiger partial charge < -0.3 is 14.9 Å². The smallest absolute Gasteiger partial charge is 0.358 e. The number of rotatable bonds is 2. The monoisotopic (exact) mass is 524 g/mol. The van der Waals surface area contributed by atoms with Crippen molar-refractivity contribution in [1.29, 1.82) is 0 Å². The van der Waals surface area contributed by atoms with E-state index in [-0.39, 0.29) is 49.0 Å². The molecule has 4 aromatic heterocycles. The molecule has 0 spiro atoms.